The monoisotopic (exact) mass is 421 g/mol. The zero-order valence-corrected chi connectivity index (χ0v) is 18.2. The van der Waals surface area contributed by atoms with Gasteiger partial charge in [-0.15, -0.1) is 0 Å². The van der Waals surface area contributed by atoms with Crippen molar-refractivity contribution in [3.05, 3.63) is 47.8 Å². The fraction of sp³-hybridized carbons (Fsp3) is 0.304. The lowest BCUT2D eigenvalue weighted by Crippen LogP contribution is -2.21. The van der Waals surface area contributed by atoms with Gasteiger partial charge in [0.05, 0.1) is 30.4 Å². The standard InChI is InChI=1S/C23H27N5O3/c1-5-14(12-24-2)17-7-6-8-18(21(17)31-4)28-19-11-16(27-22(29)15-9-10-15)13-26-20(19)23(30)25-3/h5-8,11-13,15,28H,9-10H2,1-4H3,(H,25,30)(H,27,29)/b14-5+,24-12?. The first-order chi connectivity index (χ1) is 15.0. The minimum absolute atomic E-state index is 0.0309. The lowest BCUT2D eigenvalue weighted by Gasteiger charge is -2.17. The molecule has 8 nitrogen and oxygen atoms in total. The van der Waals surface area contributed by atoms with Gasteiger partial charge in [0.2, 0.25) is 5.91 Å². The largest absolute Gasteiger partial charge is 0.494 e. The Hall–Kier alpha value is -3.68. The Kier molecular flexibility index (Phi) is 7.02. The van der Waals surface area contributed by atoms with Crippen LogP contribution in [0.15, 0.2) is 41.5 Å². The number of pyridine rings is 1. The highest BCUT2D eigenvalue weighted by atomic mass is 16.5. The molecule has 2 aromatic rings. The molecule has 2 amide bonds. The molecule has 0 aliphatic heterocycles. The average molecular weight is 422 g/mol. The number of ether oxygens (including phenoxy) is 1. The second kappa shape index (κ2) is 9.88. The van der Waals surface area contributed by atoms with E-state index in [4.69, 9.17) is 4.74 Å². The summed E-state index contributed by atoms with van der Waals surface area (Å²) in [5.74, 6) is 0.290. The Morgan fingerprint density at radius 3 is 2.65 bits per heavy atom. The Morgan fingerprint density at radius 1 is 1.26 bits per heavy atom. The summed E-state index contributed by atoms with van der Waals surface area (Å²) in [7, 11) is 4.84. The number of rotatable bonds is 8. The van der Waals surface area contributed by atoms with Gasteiger partial charge in [0.1, 0.15) is 5.75 Å². The summed E-state index contributed by atoms with van der Waals surface area (Å²) < 4.78 is 5.68. The lowest BCUT2D eigenvalue weighted by atomic mass is 10.0. The molecule has 0 spiro atoms. The maximum Gasteiger partial charge on any atom is 0.271 e. The molecule has 0 saturated heterocycles. The van der Waals surface area contributed by atoms with Crippen molar-refractivity contribution in [3.8, 4) is 5.75 Å². The third-order valence-corrected chi connectivity index (χ3v) is 4.92. The van der Waals surface area contributed by atoms with E-state index < -0.39 is 0 Å². The smallest absolute Gasteiger partial charge is 0.271 e. The SMILES string of the molecule is C/C=C(\C=NC)c1cccc(Nc2cc(NC(=O)C3CC3)cnc2C(=O)NC)c1OC. The van der Waals surface area contributed by atoms with Crippen LogP contribution in [0.1, 0.15) is 35.8 Å². The van der Waals surface area contributed by atoms with Crippen molar-refractivity contribution in [1.82, 2.24) is 10.3 Å². The van der Waals surface area contributed by atoms with E-state index in [9.17, 15) is 9.59 Å². The number of allylic oxidation sites excluding steroid dienone is 2. The molecule has 1 heterocycles. The molecule has 3 rings (SSSR count). The van der Waals surface area contributed by atoms with E-state index in [0.717, 1.165) is 24.0 Å². The molecule has 0 bridgehead atoms. The summed E-state index contributed by atoms with van der Waals surface area (Å²) in [5.41, 5.74) is 3.59. The number of aromatic nitrogens is 1. The first-order valence-electron chi connectivity index (χ1n) is 10.1. The van der Waals surface area contributed by atoms with Crippen molar-refractivity contribution in [1.29, 1.82) is 0 Å². The Balaban J connectivity index is 2.01. The third kappa shape index (κ3) is 5.09. The molecule has 0 radical (unpaired) electrons. The zero-order valence-electron chi connectivity index (χ0n) is 18.2. The molecule has 31 heavy (non-hydrogen) atoms. The summed E-state index contributed by atoms with van der Waals surface area (Å²) >= 11 is 0. The fourth-order valence-corrected chi connectivity index (χ4v) is 3.18. The number of aliphatic imine (C=N–C) groups is 1. The molecule has 1 saturated carbocycles. The fourth-order valence-electron chi connectivity index (χ4n) is 3.18. The first kappa shape index (κ1) is 22.0. The van der Waals surface area contributed by atoms with Gasteiger partial charge in [-0.3, -0.25) is 14.6 Å². The molecular weight excluding hydrogens is 394 g/mol. The normalized spacial score (nSPS) is 13.7. The maximum absolute atomic E-state index is 12.4. The number of amides is 2. The first-order valence-corrected chi connectivity index (χ1v) is 10.1. The Morgan fingerprint density at radius 2 is 2.03 bits per heavy atom. The molecule has 8 heteroatoms. The topological polar surface area (TPSA) is 105 Å². The minimum atomic E-state index is -0.343. The van der Waals surface area contributed by atoms with Crippen molar-refractivity contribution >= 4 is 40.7 Å². The minimum Gasteiger partial charge on any atom is -0.494 e. The summed E-state index contributed by atoms with van der Waals surface area (Å²) in [6.45, 7) is 1.93. The van der Waals surface area contributed by atoms with Crippen LogP contribution in [0, 0.1) is 5.92 Å². The van der Waals surface area contributed by atoms with Crippen LogP contribution in [0.4, 0.5) is 17.1 Å². The van der Waals surface area contributed by atoms with Crippen LogP contribution in [-0.4, -0.2) is 44.2 Å². The molecule has 0 unspecified atom stereocenters. The second-order valence-corrected chi connectivity index (χ2v) is 7.11. The number of nitrogens with zero attached hydrogens (tertiary/aromatic N) is 2. The highest BCUT2D eigenvalue weighted by Crippen LogP contribution is 2.36. The second-order valence-electron chi connectivity index (χ2n) is 7.11. The van der Waals surface area contributed by atoms with Crippen molar-refractivity contribution in [2.24, 2.45) is 10.9 Å². The van der Waals surface area contributed by atoms with E-state index >= 15 is 0 Å². The number of hydrogen-bond acceptors (Lipinski definition) is 6. The number of hydrogen-bond donors (Lipinski definition) is 3. The van der Waals surface area contributed by atoms with Gasteiger partial charge in [0.15, 0.2) is 5.69 Å². The highest BCUT2D eigenvalue weighted by Gasteiger charge is 2.29. The van der Waals surface area contributed by atoms with E-state index in [1.807, 2.05) is 31.2 Å². The maximum atomic E-state index is 12.4. The summed E-state index contributed by atoms with van der Waals surface area (Å²) in [5, 5.41) is 8.72. The lowest BCUT2D eigenvalue weighted by molar-refractivity contribution is -0.117. The molecule has 3 N–H and O–H groups in total. The summed E-state index contributed by atoms with van der Waals surface area (Å²) in [4.78, 5) is 32.9. The van der Waals surface area contributed by atoms with Crippen molar-refractivity contribution in [2.75, 3.05) is 31.8 Å². The zero-order chi connectivity index (χ0) is 22.4. The quantitative estimate of drug-likeness (QED) is 0.565. The van der Waals surface area contributed by atoms with Crippen LogP contribution >= 0.6 is 0 Å². The number of methoxy groups -OCH3 is 1. The number of anilines is 3. The molecule has 1 aromatic heterocycles. The van der Waals surface area contributed by atoms with Gasteiger partial charge in [-0.2, -0.15) is 0 Å². The number of benzene rings is 1. The number of para-hydroxylation sites is 1. The van der Waals surface area contributed by atoms with Gasteiger partial charge in [0, 0.05) is 31.8 Å². The van der Waals surface area contributed by atoms with Crippen LogP contribution in [-0.2, 0) is 4.79 Å². The molecule has 1 fully saturated rings. The van der Waals surface area contributed by atoms with Crippen molar-refractivity contribution in [2.45, 2.75) is 19.8 Å². The Bertz CT molecular complexity index is 1040. The van der Waals surface area contributed by atoms with Crippen LogP contribution in [0.25, 0.3) is 5.57 Å². The van der Waals surface area contributed by atoms with Gasteiger partial charge < -0.3 is 20.7 Å². The third-order valence-electron chi connectivity index (χ3n) is 4.92. The van der Waals surface area contributed by atoms with E-state index in [1.54, 1.807) is 33.5 Å². The van der Waals surface area contributed by atoms with E-state index in [0.29, 0.717) is 22.8 Å². The number of nitrogens with one attached hydrogen (secondary N) is 3. The van der Waals surface area contributed by atoms with Gasteiger partial charge >= 0.3 is 0 Å². The summed E-state index contributed by atoms with van der Waals surface area (Å²) in [6, 6.07) is 7.37. The van der Waals surface area contributed by atoms with E-state index in [1.165, 1.54) is 6.20 Å². The molecule has 1 aromatic carbocycles. The van der Waals surface area contributed by atoms with Crippen LogP contribution < -0.4 is 20.7 Å². The van der Waals surface area contributed by atoms with Crippen molar-refractivity contribution in [3.63, 3.8) is 0 Å². The molecule has 162 valence electrons. The predicted molar refractivity (Wildman–Crippen MR) is 123 cm³/mol. The van der Waals surface area contributed by atoms with E-state index in [2.05, 4.69) is 25.9 Å². The molecule has 1 aliphatic carbocycles. The van der Waals surface area contributed by atoms with E-state index in [-0.39, 0.29) is 23.4 Å². The van der Waals surface area contributed by atoms with Gasteiger partial charge in [-0.05, 0) is 37.5 Å². The van der Waals surface area contributed by atoms with Crippen LogP contribution in [0.2, 0.25) is 0 Å². The Labute approximate surface area is 181 Å². The average Bonchev–Trinajstić information content (AvgIpc) is 3.62. The van der Waals surface area contributed by atoms with Crippen LogP contribution in [0.3, 0.4) is 0 Å². The molecule has 0 atom stereocenters. The van der Waals surface area contributed by atoms with Gasteiger partial charge in [0.25, 0.3) is 5.91 Å². The highest BCUT2D eigenvalue weighted by molar-refractivity contribution is 6.11. The predicted octanol–water partition coefficient (Wildman–Crippen LogP) is 3.65. The molecule has 1 aliphatic rings. The van der Waals surface area contributed by atoms with Gasteiger partial charge in [-0.1, -0.05) is 18.2 Å². The number of carbonyl (C=O) groups is 2. The number of carbonyl (C=O) groups excluding carboxylic acids is 2. The summed E-state index contributed by atoms with van der Waals surface area (Å²) in [6.07, 6.45) is 6.99. The van der Waals surface area contributed by atoms with Crippen LogP contribution in [0.5, 0.6) is 5.75 Å². The van der Waals surface area contributed by atoms with Gasteiger partial charge in [-0.25, -0.2) is 4.98 Å². The van der Waals surface area contributed by atoms with Crippen molar-refractivity contribution < 1.29 is 14.3 Å². The molecular formula is C23H27N5O3.